The Bertz CT molecular complexity index is 280. The summed E-state index contributed by atoms with van der Waals surface area (Å²) in [7, 11) is 0. The number of hydrogen-bond donors (Lipinski definition) is 1. The zero-order chi connectivity index (χ0) is 11.8. The van der Waals surface area contributed by atoms with Crippen LogP contribution in [-0.2, 0) is 6.42 Å². The molecule has 0 saturated carbocycles. The number of anilines is 1. The summed E-state index contributed by atoms with van der Waals surface area (Å²) < 4.78 is 0. The summed E-state index contributed by atoms with van der Waals surface area (Å²) in [6.45, 7) is 8.92. The van der Waals surface area contributed by atoms with Crippen LogP contribution in [0.1, 0.15) is 52.1 Å². The minimum atomic E-state index is 1.10. The van der Waals surface area contributed by atoms with Gasteiger partial charge in [-0.25, -0.2) is 4.98 Å². The fourth-order valence-electron chi connectivity index (χ4n) is 1.96. The molecule has 16 heavy (non-hydrogen) atoms. The van der Waals surface area contributed by atoms with E-state index in [1.165, 1.54) is 37.2 Å². The van der Waals surface area contributed by atoms with E-state index in [0.29, 0.717) is 0 Å². The molecule has 0 spiro atoms. The van der Waals surface area contributed by atoms with Gasteiger partial charge < -0.3 is 9.88 Å². The van der Waals surface area contributed by atoms with Gasteiger partial charge in [-0.05, 0) is 19.3 Å². The average molecular weight is 223 g/mol. The summed E-state index contributed by atoms with van der Waals surface area (Å²) in [6.07, 6.45) is 7.77. The van der Waals surface area contributed by atoms with Crippen molar-refractivity contribution in [3.05, 3.63) is 12.0 Å². The van der Waals surface area contributed by atoms with E-state index < -0.39 is 0 Å². The van der Waals surface area contributed by atoms with Gasteiger partial charge >= 0.3 is 0 Å². The van der Waals surface area contributed by atoms with E-state index in [2.05, 4.69) is 35.6 Å². The van der Waals surface area contributed by atoms with Crippen LogP contribution in [0.4, 0.5) is 5.82 Å². The van der Waals surface area contributed by atoms with Gasteiger partial charge in [-0.1, -0.05) is 33.6 Å². The molecule has 0 aromatic carbocycles. The largest absolute Gasteiger partial charge is 0.355 e. The molecule has 1 heterocycles. The summed E-state index contributed by atoms with van der Waals surface area (Å²) in [5.41, 5.74) is 1.30. The maximum absolute atomic E-state index is 4.48. The molecule has 0 aliphatic rings. The van der Waals surface area contributed by atoms with Crippen LogP contribution >= 0.6 is 0 Å². The second-order valence-corrected chi connectivity index (χ2v) is 4.30. The molecule has 0 aliphatic heterocycles. The molecule has 1 aromatic heterocycles. The number of nitrogens with one attached hydrogen (secondary N) is 1. The Balaban J connectivity index is 2.70. The molecule has 92 valence electrons. The van der Waals surface area contributed by atoms with Crippen LogP contribution in [0.15, 0.2) is 6.33 Å². The molecule has 0 bridgehead atoms. The number of H-pyrrole nitrogens is 1. The van der Waals surface area contributed by atoms with Crippen molar-refractivity contribution in [2.24, 2.45) is 0 Å². The zero-order valence-electron chi connectivity index (χ0n) is 10.9. The normalized spacial score (nSPS) is 10.7. The van der Waals surface area contributed by atoms with Gasteiger partial charge in [-0.15, -0.1) is 0 Å². The van der Waals surface area contributed by atoms with Gasteiger partial charge in [0.1, 0.15) is 5.82 Å². The quantitative estimate of drug-likeness (QED) is 0.732. The molecule has 0 fully saturated rings. The summed E-state index contributed by atoms with van der Waals surface area (Å²) in [5, 5.41) is 0. The van der Waals surface area contributed by atoms with E-state index in [0.717, 1.165) is 19.5 Å². The SMILES string of the molecule is CCCCN(CCC)c1nc[nH]c1CCC. The van der Waals surface area contributed by atoms with E-state index in [9.17, 15) is 0 Å². The number of rotatable bonds is 8. The van der Waals surface area contributed by atoms with Crippen LogP contribution in [0.25, 0.3) is 0 Å². The van der Waals surface area contributed by atoms with Crippen molar-refractivity contribution in [1.82, 2.24) is 9.97 Å². The van der Waals surface area contributed by atoms with Gasteiger partial charge in [0, 0.05) is 13.1 Å². The lowest BCUT2D eigenvalue weighted by Crippen LogP contribution is -2.26. The highest BCUT2D eigenvalue weighted by molar-refractivity contribution is 5.43. The first-order chi connectivity index (χ1) is 7.83. The van der Waals surface area contributed by atoms with E-state index in [4.69, 9.17) is 0 Å². The van der Waals surface area contributed by atoms with Gasteiger partial charge in [-0.3, -0.25) is 0 Å². The third-order valence-electron chi connectivity index (χ3n) is 2.77. The van der Waals surface area contributed by atoms with E-state index in [1.54, 1.807) is 0 Å². The highest BCUT2D eigenvalue weighted by Crippen LogP contribution is 2.18. The van der Waals surface area contributed by atoms with Crippen molar-refractivity contribution in [2.45, 2.75) is 52.9 Å². The highest BCUT2D eigenvalue weighted by atomic mass is 15.2. The summed E-state index contributed by atoms with van der Waals surface area (Å²) in [4.78, 5) is 10.2. The Labute approximate surface area is 99.3 Å². The Hall–Kier alpha value is -0.990. The molecule has 0 aliphatic carbocycles. The maximum atomic E-state index is 4.48. The van der Waals surface area contributed by atoms with Gasteiger partial charge in [-0.2, -0.15) is 0 Å². The van der Waals surface area contributed by atoms with Crippen molar-refractivity contribution in [1.29, 1.82) is 0 Å². The Morgan fingerprint density at radius 2 is 1.94 bits per heavy atom. The minimum absolute atomic E-state index is 1.10. The molecule has 0 saturated heterocycles. The van der Waals surface area contributed by atoms with Crippen LogP contribution in [0.5, 0.6) is 0 Å². The number of hydrogen-bond acceptors (Lipinski definition) is 2. The van der Waals surface area contributed by atoms with Crippen LogP contribution in [0.2, 0.25) is 0 Å². The lowest BCUT2D eigenvalue weighted by Gasteiger charge is -2.22. The first-order valence-electron chi connectivity index (χ1n) is 6.60. The van der Waals surface area contributed by atoms with Crippen LogP contribution in [0, 0.1) is 0 Å². The fourth-order valence-corrected chi connectivity index (χ4v) is 1.96. The van der Waals surface area contributed by atoms with Crippen molar-refractivity contribution >= 4 is 5.82 Å². The van der Waals surface area contributed by atoms with E-state index in [-0.39, 0.29) is 0 Å². The monoisotopic (exact) mass is 223 g/mol. The Kier molecular flexibility index (Phi) is 5.98. The van der Waals surface area contributed by atoms with E-state index in [1.807, 2.05) is 6.33 Å². The lowest BCUT2D eigenvalue weighted by molar-refractivity contribution is 0.693. The Morgan fingerprint density at radius 3 is 2.56 bits per heavy atom. The molecule has 3 nitrogen and oxygen atoms in total. The molecule has 1 aromatic rings. The predicted molar refractivity (Wildman–Crippen MR) is 70.0 cm³/mol. The molecule has 3 heteroatoms. The molecule has 1 rings (SSSR count). The number of aromatic nitrogens is 2. The third-order valence-corrected chi connectivity index (χ3v) is 2.77. The topological polar surface area (TPSA) is 31.9 Å². The average Bonchev–Trinajstić information content (AvgIpc) is 2.73. The molecule has 1 N–H and O–H groups in total. The minimum Gasteiger partial charge on any atom is -0.355 e. The number of imidazole rings is 1. The molecular formula is C13H25N3. The van der Waals surface area contributed by atoms with Crippen molar-refractivity contribution in [3.8, 4) is 0 Å². The first kappa shape index (κ1) is 13.1. The first-order valence-corrected chi connectivity index (χ1v) is 6.60. The lowest BCUT2D eigenvalue weighted by atomic mass is 10.2. The number of aryl methyl sites for hydroxylation is 1. The van der Waals surface area contributed by atoms with Crippen LogP contribution in [-0.4, -0.2) is 23.1 Å². The standard InChI is InChI=1S/C13H25N3/c1-4-7-10-16(9-6-3)13-12(8-5-2)14-11-15-13/h11H,4-10H2,1-3H3,(H,14,15). The molecule has 0 unspecified atom stereocenters. The summed E-state index contributed by atoms with van der Waals surface area (Å²) >= 11 is 0. The maximum Gasteiger partial charge on any atom is 0.149 e. The summed E-state index contributed by atoms with van der Waals surface area (Å²) in [6, 6.07) is 0. The van der Waals surface area contributed by atoms with Crippen molar-refractivity contribution < 1.29 is 0 Å². The molecular weight excluding hydrogens is 198 g/mol. The number of nitrogens with zero attached hydrogens (tertiary/aromatic N) is 2. The Morgan fingerprint density at radius 1 is 1.12 bits per heavy atom. The van der Waals surface area contributed by atoms with Crippen molar-refractivity contribution in [2.75, 3.05) is 18.0 Å². The molecule has 0 amide bonds. The van der Waals surface area contributed by atoms with E-state index >= 15 is 0 Å². The zero-order valence-corrected chi connectivity index (χ0v) is 10.9. The highest BCUT2D eigenvalue weighted by Gasteiger charge is 2.12. The number of unbranched alkanes of at least 4 members (excludes halogenated alkanes) is 1. The molecule has 0 radical (unpaired) electrons. The molecule has 0 atom stereocenters. The second kappa shape index (κ2) is 7.31. The third kappa shape index (κ3) is 3.54. The predicted octanol–water partition coefficient (Wildman–Crippen LogP) is 3.38. The van der Waals surface area contributed by atoms with Gasteiger partial charge in [0.25, 0.3) is 0 Å². The summed E-state index contributed by atoms with van der Waals surface area (Å²) in [5.74, 6) is 1.18. The second-order valence-electron chi connectivity index (χ2n) is 4.30. The fraction of sp³-hybridized carbons (Fsp3) is 0.769. The van der Waals surface area contributed by atoms with Crippen LogP contribution < -0.4 is 4.90 Å². The van der Waals surface area contributed by atoms with Crippen molar-refractivity contribution in [3.63, 3.8) is 0 Å². The number of aromatic amines is 1. The van der Waals surface area contributed by atoms with Gasteiger partial charge in [0.05, 0.1) is 12.0 Å². The van der Waals surface area contributed by atoms with Crippen LogP contribution in [0.3, 0.4) is 0 Å². The van der Waals surface area contributed by atoms with Gasteiger partial charge in [0.2, 0.25) is 0 Å². The van der Waals surface area contributed by atoms with Gasteiger partial charge in [0.15, 0.2) is 0 Å². The smallest absolute Gasteiger partial charge is 0.149 e.